The molecular weight excluding hydrogens is 523 g/mol. The Morgan fingerprint density at radius 2 is 1.77 bits per heavy atom. The Kier molecular flexibility index (Phi) is 6.23. The predicted molar refractivity (Wildman–Crippen MR) is 139 cm³/mol. The zero-order chi connectivity index (χ0) is 28.2. The summed E-state index contributed by atoms with van der Waals surface area (Å²) in [6.45, 7) is 2.55. The van der Waals surface area contributed by atoms with E-state index in [0.29, 0.717) is 25.2 Å². The van der Waals surface area contributed by atoms with Gasteiger partial charge >= 0.3 is 0 Å². The Morgan fingerprint density at radius 3 is 2.50 bits per heavy atom. The van der Waals surface area contributed by atoms with Gasteiger partial charge in [0.1, 0.15) is 29.6 Å². The number of nitrogens with one attached hydrogen (secondary N) is 1. The summed E-state index contributed by atoms with van der Waals surface area (Å²) < 4.78 is 49.2. The van der Waals surface area contributed by atoms with Crippen LogP contribution in [0.3, 0.4) is 0 Å². The number of fused-ring (bicyclic) bond motifs is 2. The molecule has 0 radical (unpaired) electrons. The van der Waals surface area contributed by atoms with Gasteiger partial charge in [0.25, 0.3) is 11.8 Å². The first-order valence-electron chi connectivity index (χ1n) is 13.3. The van der Waals surface area contributed by atoms with Gasteiger partial charge in [0.15, 0.2) is 11.4 Å². The largest absolute Gasteiger partial charge is 0.483 e. The van der Waals surface area contributed by atoms with Crippen molar-refractivity contribution in [3.63, 3.8) is 0 Å². The zero-order valence-electron chi connectivity index (χ0n) is 21.9. The van der Waals surface area contributed by atoms with Crippen molar-refractivity contribution in [1.82, 2.24) is 14.8 Å². The summed E-state index contributed by atoms with van der Waals surface area (Å²) in [7, 11) is 0. The Hall–Kier alpha value is -4.08. The summed E-state index contributed by atoms with van der Waals surface area (Å²) in [6, 6.07) is 10.1. The average Bonchev–Trinajstić information content (AvgIpc) is 3.12. The molecule has 1 N–H and O–H groups in total. The monoisotopic (exact) mass is 551 g/mol. The van der Waals surface area contributed by atoms with Crippen molar-refractivity contribution in [2.24, 2.45) is 5.41 Å². The molecule has 208 valence electrons. The maximum absolute atomic E-state index is 14.2. The van der Waals surface area contributed by atoms with E-state index in [-0.39, 0.29) is 34.9 Å². The van der Waals surface area contributed by atoms with Crippen LogP contribution < -0.4 is 15.5 Å². The smallest absolute Gasteiger partial charge is 0.275 e. The van der Waals surface area contributed by atoms with Crippen molar-refractivity contribution < 1.29 is 27.5 Å². The number of nitrogens with zero attached hydrogens (tertiary/aromatic N) is 2. The van der Waals surface area contributed by atoms with Crippen LogP contribution in [0.15, 0.2) is 53.5 Å². The first-order chi connectivity index (χ1) is 19.1. The van der Waals surface area contributed by atoms with E-state index in [2.05, 4.69) is 12.2 Å². The molecule has 0 unspecified atom stereocenters. The van der Waals surface area contributed by atoms with Gasteiger partial charge < -0.3 is 19.5 Å². The van der Waals surface area contributed by atoms with Crippen LogP contribution in [0, 0.1) is 22.9 Å². The molecule has 2 atom stereocenters. The molecule has 3 aliphatic rings. The van der Waals surface area contributed by atoms with Gasteiger partial charge in [-0.1, -0.05) is 43.7 Å². The number of pyridine rings is 1. The quantitative estimate of drug-likeness (QED) is 0.487. The Bertz CT molecular complexity index is 1570. The first-order valence-corrected chi connectivity index (χ1v) is 13.3. The molecule has 1 saturated heterocycles. The molecule has 2 fully saturated rings. The molecule has 1 spiro atoms. The van der Waals surface area contributed by atoms with E-state index >= 15 is 0 Å². The molecule has 2 aliphatic heterocycles. The molecule has 2 aromatic carbocycles. The lowest BCUT2D eigenvalue weighted by Gasteiger charge is -2.45. The molecule has 10 heteroatoms. The van der Waals surface area contributed by atoms with Crippen LogP contribution in [0.4, 0.5) is 13.2 Å². The lowest BCUT2D eigenvalue weighted by atomic mass is 9.71. The highest BCUT2D eigenvalue weighted by Crippen LogP contribution is 2.54. The molecule has 1 saturated carbocycles. The van der Waals surface area contributed by atoms with Crippen LogP contribution in [0.5, 0.6) is 5.75 Å². The SMILES string of the molecule is C[C@@]12CCC[C@]3(Cn4cc(C(=O)NCc5c(F)cc(F)cc5F)c(=O)c(OCc5ccccc5)c4C(=O)N3C1)C2. The second-order valence-corrected chi connectivity index (χ2v) is 11.4. The van der Waals surface area contributed by atoms with E-state index in [0.717, 1.165) is 31.2 Å². The van der Waals surface area contributed by atoms with Crippen LogP contribution in [0.25, 0.3) is 0 Å². The average molecular weight is 552 g/mol. The van der Waals surface area contributed by atoms with E-state index in [1.54, 1.807) is 4.57 Å². The Morgan fingerprint density at radius 1 is 1.05 bits per heavy atom. The summed E-state index contributed by atoms with van der Waals surface area (Å²) in [5.74, 6) is -4.82. The predicted octanol–water partition coefficient (Wildman–Crippen LogP) is 4.56. The lowest BCUT2D eigenvalue weighted by molar-refractivity contribution is 0.0413. The molecule has 2 bridgehead atoms. The maximum Gasteiger partial charge on any atom is 0.275 e. The summed E-state index contributed by atoms with van der Waals surface area (Å²) in [4.78, 5) is 42.7. The second kappa shape index (κ2) is 9.53. The number of benzene rings is 2. The number of rotatable bonds is 6. The Balaban J connectivity index is 1.38. The third-order valence-electron chi connectivity index (χ3n) is 8.44. The summed E-state index contributed by atoms with van der Waals surface area (Å²) in [6.07, 6.45) is 4.95. The zero-order valence-corrected chi connectivity index (χ0v) is 21.9. The van der Waals surface area contributed by atoms with E-state index in [4.69, 9.17) is 4.74 Å². The van der Waals surface area contributed by atoms with Crippen molar-refractivity contribution in [1.29, 1.82) is 0 Å². The van der Waals surface area contributed by atoms with Gasteiger partial charge in [-0.3, -0.25) is 14.4 Å². The number of ether oxygens (including phenoxy) is 1. The van der Waals surface area contributed by atoms with Crippen LogP contribution in [0.2, 0.25) is 0 Å². The van der Waals surface area contributed by atoms with Gasteiger partial charge in [0.05, 0.1) is 5.54 Å². The summed E-state index contributed by atoms with van der Waals surface area (Å²) in [5.41, 5.74) is -1.23. The van der Waals surface area contributed by atoms with Crippen LogP contribution in [0.1, 0.15) is 64.6 Å². The molecule has 3 aromatic rings. The number of carbonyl (C=O) groups is 2. The lowest BCUT2D eigenvalue weighted by Crippen LogP contribution is -2.55. The standard InChI is InChI=1S/C30H28F3N3O4/c1-29-8-5-9-30(15-29)17-35-13-21(27(38)34-12-20-22(32)10-19(31)11-23(20)33)25(37)26(24(35)28(39)36(30)16-29)40-14-18-6-3-2-4-7-18/h2-4,6-7,10-11,13H,5,8-9,12,14-17H2,1H3,(H,34,38)/t29-,30+/m0/s1. The van der Waals surface area contributed by atoms with Crippen LogP contribution >= 0.6 is 0 Å². The van der Waals surface area contributed by atoms with Crippen LogP contribution in [-0.4, -0.2) is 33.4 Å². The fraction of sp³-hybridized carbons (Fsp3) is 0.367. The van der Waals surface area contributed by atoms with Crippen molar-refractivity contribution in [2.75, 3.05) is 6.54 Å². The number of aromatic nitrogens is 1. The fourth-order valence-electron chi connectivity index (χ4n) is 6.70. The van der Waals surface area contributed by atoms with E-state index in [1.807, 2.05) is 35.2 Å². The number of carbonyl (C=O) groups excluding carboxylic acids is 2. The fourth-order valence-corrected chi connectivity index (χ4v) is 6.70. The van der Waals surface area contributed by atoms with Gasteiger partial charge in [-0.25, -0.2) is 13.2 Å². The topological polar surface area (TPSA) is 80.6 Å². The first kappa shape index (κ1) is 26.2. The highest BCUT2D eigenvalue weighted by molar-refractivity contribution is 5.99. The summed E-state index contributed by atoms with van der Waals surface area (Å²) >= 11 is 0. The second-order valence-electron chi connectivity index (χ2n) is 11.4. The highest BCUT2D eigenvalue weighted by atomic mass is 19.1. The number of amides is 2. The Labute approximate surface area is 228 Å². The van der Waals surface area contributed by atoms with Crippen molar-refractivity contribution in [3.8, 4) is 5.75 Å². The molecule has 7 nitrogen and oxygen atoms in total. The van der Waals surface area contributed by atoms with Gasteiger partial charge in [0, 0.05) is 43.5 Å². The van der Waals surface area contributed by atoms with Gasteiger partial charge in [-0.05, 0) is 30.2 Å². The normalized spacial score (nSPS) is 23.0. The molecule has 1 aromatic heterocycles. The number of hydrogen-bond acceptors (Lipinski definition) is 4. The van der Waals surface area contributed by atoms with E-state index in [1.165, 1.54) is 6.20 Å². The summed E-state index contributed by atoms with van der Waals surface area (Å²) in [5, 5.41) is 2.36. The van der Waals surface area contributed by atoms with Crippen molar-refractivity contribution >= 4 is 11.8 Å². The minimum Gasteiger partial charge on any atom is -0.483 e. The highest BCUT2D eigenvalue weighted by Gasteiger charge is 2.58. The number of hydrogen-bond donors (Lipinski definition) is 1. The molecular formula is C30H28F3N3O4. The molecule has 1 aliphatic carbocycles. The molecule has 40 heavy (non-hydrogen) atoms. The molecule has 6 rings (SSSR count). The van der Waals surface area contributed by atoms with E-state index < -0.39 is 46.4 Å². The van der Waals surface area contributed by atoms with E-state index in [9.17, 15) is 27.6 Å². The number of halogens is 3. The molecule has 3 heterocycles. The third-order valence-corrected chi connectivity index (χ3v) is 8.44. The third kappa shape index (κ3) is 4.35. The van der Waals surface area contributed by atoms with Gasteiger partial charge in [-0.2, -0.15) is 0 Å². The van der Waals surface area contributed by atoms with Crippen molar-refractivity contribution in [3.05, 3.63) is 98.7 Å². The van der Waals surface area contributed by atoms with Crippen LogP contribution in [-0.2, 0) is 19.7 Å². The van der Waals surface area contributed by atoms with Crippen molar-refractivity contribution in [2.45, 2.75) is 57.8 Å². The minimum atomic E-state index is -1.15. The van der Waals surface area contributed by atoms with Gasteiger partial charge in [-0.15, -0.1) is 0 Å². The van der Waals surface area contributed by atoms with Gasteiger partial charge in [0.2, 0.25) is 5.43 Å². The maximum atomic E-state index is 14.2. The molecule has 2 amide bonds. The minimum absolute atomic E-state index is 0.00368.